The van der Waals surface area contributed by atoms with Crippen molar-refractivity contribution < 1.29 is 8.78 Å². The van der Waals surface area contributed by atoms with Gasteiger partial charge in [0.05, 0.1) is 10.7 Å². The Hall–Kier alpha value is -2.11. The number of aryl methyl sites for hydroxylation is 1. The van der Waals surface area contributed by atoms with Crippen LogP contribution in [0.25, 0.3) is 6.08 Å². The molecule has 2 aromatic carbocycles. The summed E-state index contributed by atoms with van der Waals surface area (Å²) in [7, 11) is 0. The third kappa shape index (κ3) is 2.14. The van der Waals surface area contributed by atoms with Gasteiger partial charge in [-0.2, -0.15) is 0 Å². The number of benzene rings is 2. The second kappa shape index (κ2) is 5.26. The van der Waals surface area contributed by atoms with Gasteiger partial charge in [0.2, 0.25) is 0 Å². The first kappa shape index (κ1) is 14.8. The molecule has 0 radical (unpaired) electrons. The summed E-state index contributed by atoms with van der Waals surface area (Å²) in [4.78, 5) is 1.45. The van der Waals surface area contributed by atoms with Gasteiger partial charge in [0.1, 0.15) is 6.17 Å². The molecule has 6 heteroatoms. The molecule has 0 bridgehead atoms. The van der Waals surface area contributed by atoms with Gasteiger partial charge in [0, 0.05) is 17.5 Å². The zero-order chi connectivity index (χ0) is 16.0. The highest BCUT2D eigenvalue weighted by Gasteiger charge is 2.26. The predicted octanol–water partition coefficient (Wildman–Crippen LogP) is 3.96. The maximum absolute atomic E-state index is 14.1. The first-order valence-corrected chi connectivity index (χ1v) is 7.04. The summed E-state index contributed by atoms with van der Waals surface area (Å²) in [5.74, 6) is -2.12. The van der Waals surface area contributed by atoms with Gasteiger partial charge in [-0.15, -0.1) is 0 Å². The summed E-state index contributed by atoms with van der Waals surface area (Å²) in [6.07, 6.45) is 2.67. The molecule has 0 aromatic heterocycles. The smallest absolute Gasteiger partial charge is 0.184 e. The van der Waals surface area contributed by atoms with E-state index >= 15 is 0 Å². The van der Waals surface area contributed by atoms with E-state index in [1.807, 2.05) is 19.1 Å². The minimum atomic E-state index is -1.09. The molecule has 1 aliphatic rings. The van der Waals surface area contributed by atoms with Gasteiger partial charge in [-0.1, -0.05) is 23.7 Å². The van der Waals surface area contributed by atoms with Gasteiger partial charge < -0.3 is 16.4 Å². The fourth-order valence-electron chi connectivity index (χ4n) is 2.55. The number of hydrogen-bond donors (Lipinski definition) is 2. The van der Waals surface area contributed by atoms with Crippen LogP contribution in [0.5, 0.6) is 0 Å². The molecule has 3 nitrogen and oxygen atoms in total. The van der Waals surface area contributed by atoms with E-state index in [0.717, 1.165) is 16.7 Å². The Labute approximate surface area is 131 Å². The quantitative estimate of drug-likeness (QED) is 0.617. The summed E-state index contributed by atoms with van der Waals surface area (Å²) in [6, 6.07) is 6.39. The number of hydrogen-bond acceptors (Lipinski definition) is 3. The monoisotopic (exact) mass is 321 g/mol. The zero-order valence-corrected chi connectivity index (χ0v) is 12.5. The number of halogens is 3. The Kier molecular flexibility index (Phi) is 3.54. The third-order valence-electron chi connectivity index (χ3n) is 3.85. The average Bonchev–Trinajstić information content (AvgIpc) is 2.50. The molecule has 0 aliphatic carbocycles. The van der Waals surface area contributed by atoms with Crippen LogP contribution >= 0.6 is 11.6 Å². The number of nitrogens with zero attached hydrogens (tertiary/aromatic N) is 1. The Morgan fingerprint density at radius 3 is 2.59 bits per heavy atom. The largest absolute Gasteiger partial charge is 0.398 e. The number of fused-ring (bicyclic) bond motifs is 1. The van der Waals surface area contributed by atoms with Crippen LogP contribution in [0.4, 0.5) is 20.2 Å². The summed E-state index contributed by atoms with van der Waals surface area (Å²) < 4.78 is 27.8. The maximum atomic E-state index is 14.1. The second-order valence-corrected chi connectivity index (χ2v) is 5.57. The standard InChI is InChI=1S/C16H14ClF2N3/c1-8-2-3-10-9(15(8)20)6-7-22(16(10)21)12-5-4-11(17)13(18)14(12)19/h2-7,16H,20-21H2,1H3. The normalized spacial score (nSPS) is 16.8. The summed E-state index contributed by atoms with van der Waals surface area (Å²) in [6.45, 7) is 1.90. The molecule has 0 spiro atoms. The van der Waals surface area contributed by atoms with Crippen LogP contribution in [0.2, 0.25) is 5.02 Å². The molecule has 0 fully saturated rings. The predicted molar refractivity (Wildman–Crippen MR) is 85.4 cm³/mol. The number of nitrogens with two attached hydrogens (primary N) is 2. The van der Waals surface area contributed by atoms with Crippen LogP contribution in [-0.2, 0) is 0 Å². The van der Waals surface area contributed by atoms with E-state index < -0.39 is 17.8 Å². The van der Waals surface area contributed by atoms with Crippen molar-refractivity contribution in [1.82, 2.24) is 0 Å². The number of rotatable bonds is 1. The maximum Gasteiger partial charge on any atom is 0.184 e. The van der Waals surface area contributed by atoms with E-state index in [4.69, 9.17) is 23.1 Å². The van der Waals surface area contributed by atoms with E-state index in [1.54, 1.807) is 12.3 Å². The molecule has 1 heterocycles. The fourth-order valence-corrected chi connectivity index (χ4v) is 2.69. The van der Waals surface area contributed by atoms with Crippen molar-refractivity contribution in [3.05, 3.63) is 63.8 Å². The Bertz CT molecular complexity index is 789. The summed E-state index contributed by atoms with van der Waals surface area (Å²) in [5.41, 5.74) is 15.4. The van der Waals surface area contributed by atoms with Crippen molar-refractivity contribution >= 4 is 29.1 Å². The van der Waals surface area contributed by atoms with Gasteiger partial charge in [0.25, 0.3) is 0 Å². The van der Waals surface area contributed by atoms with E-state index in [2.05, 4.69) is 0 Å². The van der Waals surface area contributed by atoms with Gasteiger partial charge in [-0.05, 0) is 36.3 Å². The van der Waals surface area contributed by atoms with Gasteiger partial charge in [-0.25, -0.2) is 8.78 Å². The highest BCUT2D eigenvalue weighted by atomic mass is 35.5. The number of nitrogen functional groups attached to an aromatic ring is 1. The van der Waals surface area contributed by atoms with Gasteiger partial charge >= 0.3 is 0 Å². The Morgan fingerprint density at radius 2 is 1.86 bits per heavy atom. The van der Waals surface area contributed by atoms with E-state index in [1.165, 1.54) is 17.0 Å². The third-order valence-corrected chi connectivity index (χ3v) is 4.14. The lowest BCUT2D eigenvalue weighted by molar-refractivity contribution is 0.505. The second-order valence-electron chi connectivity index (χ2n) is 5.16. The van der Waals surface area contributed by atoms with Crippen molar-refractivity contribution in [2.24, 2.45) is 5.73 Å². The van der Waals surface area contributed by atoms with Crippen molar-refractivity contribution in [3.63, 3.8) is 0 Å². The molecule has 2 aromatic rings. The Morgan fingerprint density at radius 1 is 1.14 bits per heavy atom. The van der Waals surface area contributed by atoms with Crippen molar-refractivity contribution in [2.75, 3.05) is 10.6 Å². The minimum absolute atomic E-state index is 0.0236. The molecule has 0 saturated carbocycles. The summed E-state index contributed by atoms with van der Waals surface area (Å²) in [5, 5.41) is -0.268. The van der Waals surface area contributed by atoms with Crippen LogP contribution in [-0.4, -0.2) is 0 Å². The first-order chi connectivity index (χ1) is 10.4. The number of anilines is 2. The molecule has 114 valence electrons. The molecule has 0 saturated heterocycles. The average molecular weight is 322 g/mol. The van der Waals surface area contributed by atoms with Crippen LogP contribution in [0.15, 0.2) is 30.5 Å². The Balaban J connectivity index is 2.10. The molecule has 22 heavy (non-hydrogen) atoms. The van der Waals surface area contributed by atoms with Gasteiger partial charge in [-0.3, -0.25) is 0 Å². The van der Waals surface area contributed by atoms with Gasteiger partial charge in [0.15, 0.2) is 11.6 Å². The van der Waals surface area contributed by atoms with Crippen LogP contribution in [0.3, 0.4) is 0 Å². The SMILES string of the molecule is Cc1ccc2c(c1N)C=CN(c1ccc(Cl)c(F)c1F)C2N. The molecular formula is C16H14ClF2N3. The van der Waals surface area contributed by atoms with Crippen molar-refractivity contribution in [3.8, 4) is 0 Å². The lowest BCUT2D eigenvalue weighted by atomic mass is 9.96. The van der Waals surface area contributed by atoms with Crippen LogP contribution in [0.1, 0.15) is 22.9 Å². The highest BCUT2D eigenvalue weighted by Crippen LogP contribution is 2.37. The van der Waals surface area contributed by atoms with Crippen LogP contribution < -0.4 is 16.4 Å². The zero-order valence-electron chi connectivity index (χ0n) is 11.8. The molecule has 1 unspecified atom stereocenters. The van der Waals surface area contributed by atoms with E-state index in [0.29, 0.717) is 5.69 Å². The lowest BCUT2D eigenvalue weighted by Gasteiger charge is -2.33. The topological polar surface area (TPSA) is 55.3 Å². The molecule has 1 atom stereocenters. The molecule has 1 aliphatic heterocycles. The molecule has 3 rings (SSSR count). The van der Waals surface area contributed by atoms with Crippen molar-refractivity contribution in [2.45, 2.75) is 13.1 Å². The first-order valence-electron chi connectivity index (χ1n) is 6.66. The van der Waals surface area contributed by atoms with E-state index in [9.17, 15) is 8.78 Å². The molecule has 4 N–H and O–H groups in total. The molecular weight excluding hydrogens is 308 g/mol. The highest BCUT2D eigenvalue weighted by molar-refractivity contribution is 6.30. The fraction of sp³-hybridized carbons (Fsp3) is 0.125. The lowest BCUT2D eigenvalue weighted by Crippen LogP contribution is -2.33. The van der Waals surface area contributed by atoms with E-state index in [-0.39, 0.29) is 10.7 Å². The summed E-state index contributed by atoms with van der Waals surface area (Å²) >= 11 is 5.58. The van der Waals surface area contributed by atoms with Crippen molar-refractivity contribution in [1.29, 1.82) is 0 Å². The van der Waals surface area contributed by atoms with Crippen LogP contribution in [0, 0.1) is 18.6 Å². The minimum Gasteiger partial charge on any atom is -0.398 e. The molecule has 0 amide bonds.